The quantitative estimate of drug-likeness (QED) is 0.465. The first-order valence-corrected chi connectivity index (χ1v) is 5.13. The highest BCUT2D eigenvalue weighted by atomic mass is 127. The molecule has 2 nitrogen and oxygen atoms in total. The van der Waals surface area contributed by atoms with Gasteiger partial charge in [-0.2, -0.15) is 0 Å². The summed E-state index contributed by atoms with van der Waals surface area (Å²) in [5.41, 5.74) is 0. The third-order valence-corrected chi connectivity index (χ3v) is 2.75. The fourth-order valence-corrected chi connectivity index (χ4v) is 1.92. The van der Waals surface area contributed by atoms with E-state index in [-0.39, 0.29) is 3.91 Å². The van der Waals surface area contributed by atoms with Crippen molar-refractivity contribution >= 4 is 26.5 Å². The molecule has 1 fully saturated rings. The van der Waals surface area contributed by atoms with E-state index in [2.05, 4.69) is 19.2 Å². The summed E-state index contributed by atoms with van der Waals surface area (Å²) in [7, 11) is 0. The van der Waals surface area contributed by atoms with Crippen LogP contribution in [0.3, 0.4) is 0 Å². The molecule has 11 heavy (non-hydrogen) atoms. The predicted octanol–water partition coefficient (Wildman–Crippen LogP) is 2.57. The van der Waals surface area contributed by atoms with Gasteiger partial charge in [0.25, 0.3) is 3.91 Å². The summed E-state index contributed by atoms with van der Waals surface area (Å²) in [6, 6.07) is 0.465. The molecule has 1 amide bonds. The van der Waals surface area contributed by atoms with Crippen molar-refractivity contribution in [2.45, 2.75) is 32.7 Å². The van der Waals surface area contributed by atoms with Crippen molar-refractivity contribution in [2.24, 2.45) is 11.8 Å². The lowest BCUT2D eigenvalue weighted by Gasteiger charge is -2.37. The number of carbonyl (C=O) groups is 1. The van der Waals surface area contributed by atoms with Gasteiger partial charge in [-0.3, -0.25) is 4.79 Å². The van der Waals surface area contributed by atoms with Gasteiger partial charge in [0.05, 0.1) is 0 Å². The average molecular weight is 267 g/mol. The molecule has 1 saturated carbocycles. The Morgan fingerprint density at radius 1 is 1.55 bits per heavy atom. The van der Waals surface area contributed by atoms with Gasteiger partial charge in [-0.25, -0.2) is 0 Å². The standard InChI is InChI=1S/C8H14INO/c1-5(2)6-3-7(4-6)10-8(9)11/h5-7H,3-4H2,1-2H3,(H,10,11). The molecule has 0 heterocycles. The van der Waals surface area contributed by atoms with E-state index in [1.54, 1.807) is 22.6 Å². The Labute approximate surface area is 81.3 Å². The summed E-state index contributed by atoms with van der Waals surface area (Å²) in [6.07, 6.45) is 2.35. The van der Waals surface area contributed by atoms with Crippen LogP contribution in [0.1, 0.15) is 26.7 Å². The Balaban J connectivity index is 2.14. The number of amides is 1. The molecule has 0 saturated heterocycles. The van der Waals surface area contributed by atoms with Crippen molar-refractivity contribution < 1.29 is 4.79 Å². The molecule has 0 unspecified atom stereocenters. The maximum atomic E-state index is 10.6. The second kappa shape index (κ2) is 3.74. The minimum Gasteiger partial charge on any atom is -0.345 e. The molecule has 1 rings (SSSR count). The minimum absolute atomic E-state index is 0.0785. The Kier molecular flexibility index (Phi) is 3.16. The molecule has 1 aliphatic rings. The van der Waals surface area contributed by atoms with E-state index in [1.165, 1.54) is 12.8 Å². The highest BCUT2D eigenvalue weighted by Gasteiger charge is 2.31. The molecule has 0 aromatic carbocycles. The summed E-state index contributed by atoms with van der Waals surface area (Å²) in [4.78, 5) is 10.6. The molecule has 1 N–H and O–H groups in total. The molecular formula is C8H14INO. The first-order valence-electron chi connectivity index (χ1n) is 4.05. The van der Waals surface area contributed by atoms with Gasteiger partial charge < -0.3 is 5.32 Å². The molecule has 1 aliphatic carbocycles. The lowest BCUT2D eigenvalue weighted by molar-refractivity contribution is 0.174. The predicted molar refractivity (Wildman–Crippen MR) is 53.9 cm³/mol. The van der Waals surface area contributed by atoms with E-state index in [9.17, 15) is 4.79 Å². The van der Waals surface area contributed by atoms with Gasteiger partial charge in [-0.1, -0.05) is 13.8 Å². The van der Waals surface area contributed by atoms with Crippen LogP contribution in [-0.4, -0.2) is 9.96 Å². The maximum Gasteiger partial charge on any atom is 0.280 e. The topological polar surface area (TPSA) is 29.1 Å². The first kappa shape index (κ1) is 9.29. The lowest BCUT2D eigenvalue weighted by atomic mass is 9.74. The number of carbonyl (C=O) groups excluding carboxylic acids is 1. The Hall–Kier alpha value is 0.200. The largest absolute Gasteiger partial charge is 0.345 e. The number of hydrogen-bond donors (Lipinski definition) is 1. The van der Waals surface area contributed by atoms with E-state index >= 15 is 0 Å². The molecule has 0 aliphatic heterocycles. The lowest BCUT2D eigenvalue weighted by Crippen LogP contribution is -2.43. The van der Waals surface area contributed by atoms with Crippen LogP contribution in [0.2, 0.25) is 0 Å². The van der Waals surface area contributed by atoms with Gasteiger partial charge in [-0.05, 0) is 24.7 Å². The Bertz CT molecular complexity index is 152. The van der Waals surface area contributed by atoms with Gasteiger partial charge in [-0.15, -0.1) is 0 Å². The van der Waals surface area contributed by atoms with Crippen molar-refractivity contribution in [2.75, 3.05) is 0 Å². The smallest absolute Gasteiger partial charge is 0.280 e. The van der Waals surface area contributed by atoms with Crippen molar-refractivity contribution in [3.8, 4) is 0 Å². The van der Waals surface area contributed by atoms with Crippen molar-refractivity contribution in [1.29, 1.82) is 0 Å². The van der Waals surface area contributed by atoms with Gasteiger partial charge >= 0.3 is 0 Å². The number of rotatable bonds is 2. The van der Waals surface area contributed by atoms with Crippen LogP contribution in [0.15, 0.2) is 0 Å². The van der Waals surface area contributed by atoms with Crippen LogP contribution in [0.4, 0.5) is 4.79 Å². The normalized spacial score (nSPS) is 29.8. The van der Waals surface area contributed by atoms with Gasteiger partial charge in [0.15, 0.2) is 0 Å². The molecule has 0 bridgehead atoms. The monoisotopic (exact) mass is 267 g/mol. The molecule has 0 atom stereocenters. The van der Waals surface area contributed by atoms with E-state index in [1.807, 2.05) is 0 Å². The van der Waals surface area contributed by atoms with E-state index in [4.69, 9.17) is 0 Å². The number of halogens is 1. The fraction of sp³-hybridized carbons (Fsp3) is 0.875. The van der Waals surface area contributed by atoms with Gasteiger partial charge in [0.1, 0.15) is 0 Å². The van der Waals surface area contributed by atoms with Crippen LogP contribution >= 0.6 is 22.6 Å². The van der Waals surface area contributed by atoms with Crippen LogP contribution < -0.4 is 5.32 Å². The van der Waals surface area contributed by atoms with Crippen LogP contribution in [0, 0.1) is 11.8 Å². The minimum atomic E-state index is 0.0785. The molecule has 0 aromatic heterocycles. The zero-order valence-corrected chi connectivity index (χ0v) is 9.09. The van der Waals surface area contributed by atoms with E-state index < -0.39 is 0 Å². The molecule has 0 spiro atoms. The van der Waals surface area contributed by atoms with E-state index in [0.29, 0.717) is 6.04 Å². The Morgan fingerprint density at radius 3 is 2.45 bits per heavy atom. The molecular weight excluding hydrogens is 253 g/mol. The summed E-state index contributed by atoms with van der Waals surface area (Å²) in [5.74, 6) is 1.61. The third-order valence-electron chi connectivity index (χ3n) is 2.43. The van der Waals surface area contributed by atoms with Crippen molar-refractivity contribution in [3.63, 3.8) is 0 Å². The maximum absolute atomic E-state index is 10.6. The number of nitrogens with one attached hydrogen (secondary N) is 1. The van der Waals surface area contributed by atoms with Crippen LogP contribution in [0.5, 0.6) is 0 Å². The number of hydrogen-bond acceptors (Lipinski definition) is 1. The molecule has 0 radical (unpaired) electrons. The zero-order valence-electron chi connectivity index (χ0n) is 6.93. The van der Waals surface area contributed by atoms with Crippen LogP contribution in [0.25, 0.3) is 0 Å². The molecule has 0 aromatic rings. The summed E-state index contributed by atoms with van der Waals surface area (Å²) in [5, 5.41) is 2.91. The summed E-state index contributed by atoms with van der Waals surface area (Å²) in [6.45, 7) is 4.49. The summed E-state index contributed by atoms with van der Waals surface area (Å²) >= 11 is 1.79. The van der Waals surface area contributed by atoms with E-state index in [0.717, 1.165) is 11.8 Å². The van der Waals surface area contributed by atoms with Gasteiger partial charge in [0, 0.05) is 28.6 Å². The summed E-state index contributed by atoms with van der Waals surface area (Å²) < 4.78 is 0.0785. The van der Waals surface area contributed by atoms with Gasteiger partial charge in [0.2, 0.25) is 0 Å². The fourth-order valence-electron chi connectivity index (χ4n) is 1.48. The SMILES string of the molecule is CC(C)C1CC(NC(=O)I)C1. The Morgan fingerprint density at radius 2 is 2.09 bits per heavy atom. The highest BCUT2D eigenvalue weighted by Crippen LogP contribution is 2.33. The van der Waals surface area contributed by atoms with Crippen molar-refractivity contribution in [3.05, 3.63) is 0 Å². The second-order valence-corrected chi connectivity index (χ2v) is 4.57. The first-order chi connectivity index (χ1) is 5.09. The second-order valence-electron chi connectivity index (χ2n) is 3.59. The average Bonchev–Trinajstić information content (AvgIpc) is 1.75. The molecule has 64 valence electrons. The molecule has 3 heteroatoms. The van der Waals surface area contributed by atoms with Crippen LogP contribution in [-0.2, 0) is 0 Å². The highest BCUT2D eigenvalue weighted by molar-refractivity contribution is 14.1. The third kappa shape index (κ3) is 2.61. The van der Waals surface area contributed by atoms with Crippen molar-refractivity contribution in [1.82, 2.24) is 5.32 Å². The zero-order chi connectivity index (χ0) is 8.43.